The van der Waals surface area contributed by atoms with E-state index in [0.717, 1.165) is 10.0 Å². The first-order valence-corrected chi connectivity index (χ1v) is 5.08. The van der Waals surface area contributed by atoms with Crippen LogP contribution < -0.4 is 5.73 Å². The van der Waals surface area contributed by atoms with Crippen LogP contribution in [-0.2, 0) is 6.42 Å². The van der Waals surface area contributed by atoms with Crippen LogP contribution in [0.5, 0.6) is 0 Å². The summed E-state index contributed by atoms with van der Waals surface area (Å²) in [5, 5.41) is 8.94. The zero-order chi connectivity index (χ0) is 10.7. The molecule has 0 aromatic heterocycles. The highest BCUT2D eigenvalue weighted by atomic mass is 79.9. The van der Waals surface area contributed by atoms with Crippen molar-refractivity contribution in [2.24, 2.45) is 5.73 Å². The minimum Gasteiger partial charge on any atom is -0.478 e. The number of halogens is 1. The van der Waals surface area contributed by atoms with Crippen molar-refractivity contribution in [2.75, 3.05) is 0 Å². The number of carbonyl (C=O) groups is 1. The maximum absolute atomic E-state index is 10.9. The fourth-order valence-electron chi connectivity index (χ4n) is 1.29. The number of carboxylic acids is 1. The molecular formula is C10H12BrNO2. The van der Waals surface area contributed by atoms with Crippen LogP contribution in [0.3, 0.4) is 0 Å². The molecule has 0 fully saturated rings. The molecule has 0 unspecified atom stereocenters. The van der Waals surface area contributed by atoms with Gasteiger partial charge in [-0.1, -0.05) is 22.0 Å². The summed E-state index contributed by atoms with van der Waals surface area (Å²) in [6.45, 7) is 1.85. The number of hydrogen-bond donors (Lipinski definition) is 2. The summed E-state index contributed by atoms with van der Waals surface area (Å²) in [6.07, 6.45) is 0.559. The van der Waals surface area contributed by atoms with Crippen molar-refractivity contribution in [3.8, 4) is 0 Å². The second kappa shape index (κ2) is 4.57. The summed E-state index contributed by atoms with van der Waals surface area (Å²) in [4.78, 5) is 10.9. The van der Waals surface area contributed by atoms with Crippen LogP contribution in [0, 0.1) is 0 Å². The summed E-state index contributed by atoms with van der Waals surface area (Å²) < 4.78 is 0.801. The monoisotopic (exact) mass is 257 g/mol. The summed E-state index contributed by atoms with van der Waals surface area (Å²) in [7, 11) is 0. The fourth-order valence-corrected chi connectivity index (χ4v) is 1.82. The first-order valence-electron chi connectivity index (χ1n) is 4.28. The van der Waals surface area contributed by atoms with Gasteiger partial charge in [0.25, 0.3) is 0 Å². The molecule has 0 spiro atoms. The maximum atomic E-state index is 10.9. The van der Waals surface area contributed by atoms with Crippen molar-refractivity contribution in [1.29, 1.82) is 0 Å². The molecule has 0 heterocycles. The van der Waals surface area contributed by atoms with Gasteiger partial charge in [-0.3, -0.25) is 0 Å². The van der Waals surface area contributed by atoms with Crippen LogP contribution in [0.4, 0.5) is 0 Å². The number of rotatable bonds is 3. The topological polar surface area (TPSA) is 63.3 Å². The van der Waals surface area contributed by atoms with Gasteiger partial charge >= 0.3 is 5.97 Å². The predicted molar refractivity (Wildman–Crippen MR) is 58.5 cm³/mol. The zero-order valence-electron chi connectivity index (χ0n) is 7.83. The molecule has 0 aliphatic rings. The molecule has 3 N–H and O–H groups in total. The molecule has 76 valence electrons. The van der Waals surface area contributed by atoms with Gasteiger partial charge in [-0.2, -0.15) is 0 Å². The molecule has 0 amide bonds. The number of hydrogen-bond acceptors (Lipinski definition) is 2. The number of aromatic carboxylic acids is 1. The van der Waals surface area contributed by atoms with Crippen LogP contribution in [0.2, 0.25) is 0 Å². The molecule has 1 atom stereocenters. The van der Waals surface area contributed by atoms with E-state index in [1.807, 2.05) is 13.0 Å². The van der Waals surface area contributed by atoms with E-state index in [-0.39, 0.29) is 6.04 Å². The molecule has 0 bridgehead atoms. The van der Waals surface area contributed by atoms with Crippen molar-refractivity contribution < 1.29 is 9.90 Å². The van der Waals surface area contributed by atoms with Crippen molar-refractivity contribution in [1.82, 2.24) is 0 Å². The molecule has 0 radical (unpaired) electrons. The SMILES string of the molecule is C[C@@H](N)Cc1c(Br)cccc1C(=O)O. The molecule has 0 aliphatic heterocycles. The maximum Gasteiger partial charge on any atom is 0.336 e. The average Bonchev–Trinajstić information content (AvgIpc) is 2.07. The van der Waals surface area contributed by atoms with E-state index in [2.05, 4.69) is 15.9 Å². The van der Waals surface area contributed by atoms with Gasteiger partial charge in [0.2, 0.25) is 0 Å². The van der Waals surface area contributed by atoms with Crippen molar-refractivity contribution in [2.45, 2.75) is 19.4 Å². The van der Waals surface area contributed by atoms with E-state index in [1.54, 1.807) is 12.1 Å². The van der Waals surface area contributed by atoms with E-state index in [1.165, 1.54) is 0 Å². The van der Waals surface area contributed by atoms with Gasteiger partial charge in [-0.15, -0.1) is 0 Å². The minimum absolute atomic E-state index is 0.0493. The van der Waals surface area contributed by atoms with Gasteiger partial charge in [0.1, 0.15) is 0 Å². The summed E-state index contributed by atoms with van der Waals surface area (Å²) in [5.74, 6) is -0.915. The van der Waals surface area contributed by atoms with Crippen molar-refractivity contribution in [3.05, 3.63) is 33.8 Å². The van der Waals surface area contributed by atoms with Gasteiger partial charge in [0, 0.05) is 10.5 Å². The zero-order valence-corrected chi connectivity index (χ0v) is 9.41. The fraction of sp³-hybridized carbons (Fsp3) is 0.300. The lowest BCUT2D eigenvalue weighted by atomic mass is 10.0. The first-order chi connectivity index (χ1) is 6.52. The Labute approximate surface area is 91.1 Å². The molecule has 1 aromatic carbocycles. The highest BCUT2D eigenvalue weighted by molar-refractivity contribution is 9.10. The number of benzene rings is 1. The third-order valence-corrected chi connectivity index (χ3v) is 2.62. The van der Waals surface area contributed by atoms with Crippen LogP contribution >= 0.6 is 15.9 Å². The smallest absolute Gasteiger partial charge is 0.336 e. The van der Waals surface area contributed by atoms with Gasteiger partial charge in [-0.25, -0.2) is 4.79 Å². The van der Waals surface area contributed by atoms with E-state index >= 15 is 0 Å². The van der Waals surface area contributed by atoms with Gasteiger partial charge < -0.3 is 10.8 Å². The summed E-state index contributed by atoms with van der Waals surface area (Å²) in [6, 6.07) is 5.07. The highest BCUT2D eigenvalue weighted by Gasteiger charge is 2.13. The Bertz CT molecular complexity index is 350. The molecule has 0 aliphatic carbocycles. The van der Waals surface area contributed by atoms with E-state index in [9.17, 15) is 4.79 Å². The summed E-state index contributed by atoms with van der Waals surface area (Å²) >= 11 is 3.33. The van der Waals surface area contributed by atoms with Gasteiger partial charge in [0.15, 0.2) is 0 Å². The van der Waals surface area contributed by atoms with E-state index in [0.29, 0.717) is 12.0 Å². The van der Waals surface area contributed by atoms with Crippen LogP contribution in [-0.4, -0.2) is 17.1 Å². The minimum atomic E-state index is -0.915. The quantitative estimate of drug-likeness (QED) is 0.871. The Kier molecular flexibility index (Phi) is 3.66. The molecule has 3 nitrogen and oxygen atoms in total. The molecule has 1 rings (SSSR count). The lowest BCUT2D eigenvalue weighted by Crippen LogP contribution is -2.20. The second-order valence-electron chi connectivity index (χ2n) is 3.25. The van der Waals surface area contributed by atoms with Crippen LogP contribution in [0.15, 0.2) is 22.7 Å². The Morgan fingerprint density at radius 1 is 1.64 bits per heavy atom. The molecular weight excluding hydrogens is 246 g/mol. The second-order valence-corrected chi connectivity index (χ2v) is 4.11. The Morgan fingerprint density at radius 2 is 2.29 bits per heavy atom. The predicted octanol–water partition coefficient (Wildman–Crippen LogP) is 2.04. The Morgan fingerprint density at radius 3 is 2.79 bits per heavy atom. The number of carboxylic acid groups (broad SMARTS) is 1. The van der Waals surface area contributed by atoms with Gasteiger partial charge in [-0.05, 0) is 31.0 Å². The van der Waals surface area contributed by atoms with Crippen LogP contribution in [0.25, 0.3) is 0 Å². The van der Waals surface area contributed by atoms with E-state index in [4.69, 9.17) is 10.8 Å². The lowest BCUT2D eigenvalue weighted by molar-refractivity contribution is 0.0695. The number of nitrogens with two attached hydrogens (primary N) is 1. The Hall–Kier alpha value is -0.870. The third kappa shape index (κ3) is 2.56. The highest BCUT2D eigenvalue weighted by Crippen LogP contribution is 2.22. The average molecular weight is 258 g/mol. The first kappa shape index (κ1) is 11.2. The normalized spacial score (nSPS) is 12.5. The molecule has 0 saturated heterocycles. The van der Waals surface area contributed by atoms with Crippen molar-refractivity contribution in [3.63, 3.8) is 0 Å². The summed E-state index contributed by atoms with van der Waals surface area (Å²) in [5.41, 5.74) is 6.72. The van der Waals surface area contributed by atoms with Crippen molar-refractivity contribution >= 4 is 21.9 Å². The van der Waals surface area contributed by atoms with E-state index < -0.39 is 5.97 Å². The third-order valence-electron chi connectivity index (χ3n) is 1.88. The molecule has 4 heteroatoms. The molecule has 14 heavy (non-hydrogen) atoms. The largest absolute Gasteiger partial charge is 0.478 e. The lowest BCUT2D eigenvalue weighted by Gasteiger charge is -2.10. The Balaban J connectivity index is 3.15. The van der Waals surface area contributed by atoms with Crippen LogP contribution in [0.1, 0.15) is 22.8 Å². The van der Waals surface area contributed by atoms with Gasteiger partial charge in [0.05, 0.1) is 5.56 Å². The standard InChI is InChI=1S/C10H12BrNO2/c1-6(12)5-8-7(10(13)14)3-2-4-9(8)11/h2-4,6H,5,12H2,1H3,(H,13,14)/t6-/m1/s1. The molecule has 1 aromatic rings. The molecule has 0 saturated carbocycles.